The standard InChI is InChI=1S/C7H10B2O3/c1-4-7-10-8(5-2)12-9(6-3)11-7/h4-7H,1-3H2. The maximum atomic E-state index is 5.19. The molecule has 0 atom stereocenters. The molecule has 1 saturated heterocycles. The molecule has 1 aliphatic rings. The van der Waals surface area contributed by atoms with Gasteiger partial charge in [-0.1, -0.05) is 18.5 Å². The second-order valence-electron chi connectivity index (χ2n) is 2.22. The van der Waals surface area contributed by atoms with Crippen molar-refractivity contribution >= 4 is 14.2 Å². The van der Waals surface area contributed by atoms with Crippen molar-refractivity contribution in [2.24, 2.45) is 0 Å². The van der Waals surface area contributed by atoms with Gasteiger partial charge in [-0.2, -0.15) is 0 Å². The lowest BCUT2D eigenvalue weighted by atomic mass is 9.79. The number of rotatable bonds is 3. The van der Waals surface area contributed by atoms with Crippen molar-refractivity contribution in [3.8, 4) is 0 Å². The lowest BCUT2D eigenvalue weighted by molar-refractivity contribution is -0.00702. The molecule has 1 heterocycles. The summed E-state index contributed by atoms with van der Waals surface area (Å²) in [6.07, 6.45) is 1.10. The van der Waals surface area contributed by atoms with Crippen LogP contribution in [-0.4, -0.2) is 20.5 Å². The quantitative estimate of drug-likeness (QED) is 0.459. The van der Waals surface area contributed by atoms with Gasteiger partial charge in [-0.3, -0.25) is 0 Å². The minimum absolute atomic E-state index is 0.454. The summed E-state index contributed by atoms with van der Waals surface area (Å²) >= 11 is 0. The molecule has 5 heteroatoms. The predicted molar refractivity (Wildman–Crippen MR) is 49.1 cm³/mol. The maximum absolute atomic E-state index is 5.19. The summed E-state index contributed by atoms with van der Waals surface area (Å²) in [6.45, 7) is 10.6. The average Bonchev–Trinajstić information content (AvgIpc) is 2.16. The van der Waals surface area contributed by atoms with Gasteiger partial charge in [0.25, 0.3) is 0 Å². The fraction of sp³-hybridized carbons (Fsp3) is 0.143. The van der Waals surface area contributed by atoms with Crippen LogP contribution in [0.4, 0.5) is 0 Å². The molecular formula is C7H10B2O3. The first-order chi connectivity index (χ1) is 5.80. The third-order valence-corrected chi connectivity index (χ3v) is 1.38. The van der Waals surface area contributed by atoms with Gasteiger partial charge in [0.15, 0.2) is 6.29 Å². The molecule has 1 fully saturated rings. The van der Waals surface area contributed by atoms with Crippen molar-refractivity contribution in [1.82, 2.24) is 0 Å². The van der Waals surface area contributed by atoms with Crippen LogP contribution in [0.15, 0.2) is 37.8 Å². The van der Waals surface area contributed by atoms with Crippen molar-refractivity contribution in [2.45, 2.75) is 6.29 Å². The molecule has 3 nitrogen and oxygen atoms in total. The van der Waals surface area contributed by atoms with Crippen molar-refractivity contribution < 1.29 is 13.9 Å². The first-order valence-electron chi connectivity index (χ1n) is 3.64. The lowest BCUT2D eigenvalue weighted by Gasteiger charge is -2.28. The van der Waals surface area contributed by atoms with E-state index in [1.54, 1.807) is 18.0 Å². The molecule has 0 aromatic rings. The molecule has 0 saturated carbocycles. The van der Waals surface area contributed by atoms with E-state index in [4.69, 9.17) is 13.9 Å². The summed E-state index contributed by atoms with van der Waals surface area (Å²) < 4.78 is 15.6. The van der Waals surface area contributed by atoms with Gasteiger partial charge in [0.2, 0.25) is 0 Å². The minimum Gasteiger partial charge on any atom is -0.444 e. The lowest BCUT2D eigenvalue weighted by Crippen LogP contribution is -2.43. The molecule has 0 amide bonds. The van der Waals surface area contributed by atoms with E-state index in [0.29, 0.717) is 0 Å². The molecule has 0 spiro atoms. The highest BCUT2D eigenvalue weighted by molar-refractivity contribution is 6.65. The fourth-order valence-corrected chi connectivity index (χ4v) is 0.826. The van der Waals surface area contributed by atoms with Crippen LogP contribution in [0.25, 0.3) is 0 Å². The van der Waals surface area contributed by atoms with Crippen LogP contribution in [0.1, 0.15) is 0 Å². The fourth-order valence-electron chi connectivity index (χ4n) is 0.826. The summed E-state index contributed by atoms with van der Waals surface area (Å²) in [5, 5.41) is 0. The van der Waals surface area contributed by atoms with Gasteiger partial charge in [0, 0.05) is 0 Å². The Kier molecular flexibility index (Phi) is 3.34. The molecule has 1 rings (SSSR count). The maximum Gasteiger partial charge on any atom is 0.474 e. The Hall–Kier alpha value is -0.770. The van der Waals surface area contributed by atoms with E-state index in [2.05, 4.69) is 19.7 Å². The van der Waals surface area contributed by atoms with E-state index in [0.717, 1.165) is 0 Å². The van der Waals surface area contributed by atoms with Crippen molar-refractivity contribution in [2.75, 3.05) is 0 Å². The number of hydrogen-bond donors (Lipinski definition) is 0. The largest absolute Gasteiger partial charge is 0.474 e. The molecular weight excluding hydrogens is 154 g/mol. The Labute approximate surface area is 73.0 Å². The Morgan fingerprint density at radius 3 is 1.83 bits per heavy atom. The Morgan fingerprint density at radius 1 is 1.00 bits per heavy atom. The third-order valence-electron chi connectivity index (χ3n) is 1.38. The van der Waals surface area contributed by atoms with Crippen LogP contribution < -0.4 is 0 Å². The molecule has 0 unspecified atom stereocenters. The van der Waals surface area contributed by atoms with Crippen molar-refractivity contribution in [3.05, 3.63) is 37.8 Å². The zero-order valence-corrected chi connectivity index (χ0v) is 6.81. The molecule has 0 aliphatic carbocycles. The van der Waals surface area contributed by atoms with Crippen LogP contribution >= 0.6 is 0 Å². The van der Waals surface area contributed by atoms with Crippen LogP contribution in [0.2, 0.25) is 0 Å². The Balaban J connectivity index is 2.57. The van der Waals surface area contributed by atoms with Crippen LogP contribution in [0, 0.1) is 0 Å². The van der Waals surface area contributed by atoms with Gasteiger partial charge in [-0.25, -0.2) is 0 Å². The van der Waals surface area contributed by atoms with E-state index in [-0.39, 0.29) is 0 Å². The minimum atomic E-state index is -0.454. The molecule has 62 valence electrons. The van der Waals surface area contributed by atoms with Crippen molar-refractivity contribution in [1.29, 1.82) is 0 Å². The van der Waals surface area contributed by atoms with Crippen molar-refractivity contribution in [3.63, 3.8) is 0 Å². The zero-order chi connectivity index (χ0) is 8.97. The van der Waals surface area contributed by atoms with E-state index >= 15 is 0 Å². The Morgan fingerprint density at radius 2 is 1.50 bits per heavy atom. The summed E-state index contributed by atoms with van der Waals surface area (Å²) in [4.78, 5) is 0. The first-order valence-corrected chi connectivity index (χ1v) is 3.64. The Bertz CT molecular complexity index is 156. The SMILES string of the molecule is C=CB1OB(C=C)OC(C=C)O1. The molecule has 1 aliphatic heterocycles. The van der Waals surface area contributed by atoms with Gasteiger partial charge >= 0.3 is 14.2 Å². The van der Waals surface area contributed by atoms with E-state index in [1.165, 1.54) is 0 Å². The van der Waals surface area contributed by atoms with Crippen LogP contribution in [0.3, 0.4) is 0 Å². The summed E-state index contributed by atoms with van der Waals surface area (Å²) in [6, 6.07) is 0. The molecule has 0 N–H and O–H groups in total. The van der Waals surface area contributed by atoms with E-state index in [9.17, 15) is 0 Å². The van der Waals surface area contributed by atoms with Gasteiger partial charge < -0.3 is 13.9 Å². The van der Waals surface area contributed by atoms with Gasteiger partial charge in [-0.05, 0) is 6.08 Å². The second-order valence-corrected chi connectivity index (χ2v) is 2.22. The molecule has 0 aromatic heterocycles. The second kappa shape index (κ2) is 4.30. The van der Waals surface area contributed by atoms with E-state index in [1.807, 2.05) is 0 Å². The number of hydrogen-bond acceptors (Lipinski definition) is 3. The highest BCUT2D eigenvalue weighted by Gasteiger charge is 2.32. The third kappa shape index (κ3) is 2.11. The highest BCUT2D eigenvalue weighted by atomic mass is 16.8. The van der Waals surface area contributed by atoms with Crippen LogP contribution in [0.5, 0.6) is 0 Å². The van der Waals surface area contributed by atoms with Gasteiger partial charge in [0.1, 0.15) is 0 Å². The smallest absolute Gasteiger partial charge is 0.444 e. The summed E-state index contributed by atoms with van der Waals surface area (Å²) in [5.74, 6) is 3.10. The van der Waals surface area contributed by atoms with Gasteiger partial charge in [0.05, 0.1) is 0 Å². The topological polar surface area (TPSA) is 27.7 Å². The zero-order valence-electron chi connectivity index (χ0n) is 6.81. The summed E-state index contributed by atoms with van der Waals surface area (Å²) in [5.41, 5.74) is 0. The molecule has 12 heavy (non-hydrogen) atoms. The first kappa shape index (κ1) is 9.32. The molecule has 0 radical (unpaired) electrons. The highest BCUT2D eigenvalue weighted by Crippen LogP contribution is 2.12. The van der Waals surface area contributed by atoms with Gasteiger partial charge in [-0.15, -0.1) is 13.2 Å². The van der Waals surface area contributed by atoms with E-state index < -0.39 is 20.5 Å². The molecule has 0 bridgehead atoms. The predicted octanol–water partition coefficient (Wildman–Crippen LogP) is 0.989. The molecule has 0 aromatic carbocycles. The monoisotopic (exact) mass is 164 g/mol. The average molecular weight is 164 g/mol. The summed E-state index contributed by atoms with van der Waals surface area (Å²) in [7, 11) is -0.908. The van der Waals surface area contributed by atoms with Crippen LogP contribution in [-0.2, 0) is 13.9 Å². The normalized spacial score (nSPS) is 19.0.